The number of hydrogen-bond donors (Lipinski definition) is 1. The number of carboxylic acid groups (broad SMARTS) is 1. The third kappa shape index (κ3) is 4.69. The van der Waals surface area contributed by atoms with Gasteiger partial charge < -0.3 is 5.11 Å². The summed E-state index contributed by atoms with van der Waals surface area (Å²) in [6.07, 6.45) is 0. The zero-order chi connectivity index (χ0) is 18.6. The van der Waals surface area contributed by atoms with Crippen molar-refractivity contribution in [2.75, 3.05) is 26.2 Å². The van der Waals surface area contributed by atoms with Crippen molar-refractivity contribution in [3.05, 3.63) is 71.3 Å². The summed E-state index contributed by atoms with van der Waals surface area (Å²) in [5.41, 5.74) is 1.98. The number of carbonyl (C=O) groups is 1. The van der Waals surface area contributed by atoms with Gasteiger partial charge in [-0.1, -0.05) is 42.5 Å². The Kier molecular flexibility index (Phi) is 5.70. The molecular formula is C19H22N2O4S. The molecule has 0 bridgehead atoms. The fourth-order valence-corrected chi connectivity index (χ4v) is 4.57. The van der Waals surface area contributed by atoms with Gasteiger partial charge in [0.25, 0.3) is 0 Å². The third-order valence-electron chi connectivity index (χ3n) is 4.52. The number of sulfonamides is 1. The quantitative estimate of drug-likeness (QED) is 0.837. The predicted molar refractivity (Wildman–Crippen MR) is 99.3 cm³/mol. The number of hydrogen-bond acceptors (Lipinski definition) is 4. The van der Waals surface area contributed by atoms with Crippen LogP contribution in [-0.2, 0) is 22.3 Å². The molecule has 1 saturated heterocycles. The van der Waals surface area contributed by atoms with Crippen molar-refractivity contribution in [3.8, 4) is 0 Å². The maximum Gasteiger partial charge on any atom is 0.335 e. The topological polar surface area (TPSA) is 77.9 Å². The second-order valence-electron chi connectivity index (χ2n) is 6.42. The number of nitrogens with zero attached hydrogens (tertiary/aromatic N) is 2. The Morgan fingerprint density at radius 2 is 1.50 bits per heavy atom. The van der Waals surface area contributed by atoms with E-state index >= 15 is 0 Å². The molecular weight excluding hydrogens is 352 g/mol. The van der Waals surface area contributed by atoms with E-state index in [0.717, 1.165) is 6.54 Å². The first-order chi connectivity index (χ1) is 12.4. The average Bonchev–Trinajstić information content (AvgIpc) is 2.63. The number of carboxylic acids is 1. The highest BCUT2D eigenvalue weighted by Gasteiger charge is 2.27. The van der Waals surface area contributed by atoms with Crippen molar-refractivity contribution in [2.24, 2.45) is 0 Å². The van der Waals surface area contributed by atoms with E-state index in [9.17, 15) is 13.2 Å². The lowest BCUT2D eigenvalue weighted by atomic mass is 10.1. The van der Waals surface area contributed by atoms with Crippen LogP contribution in [-0.4, -0.2) is 54.9 Å². The average molecular weight is 374 g/mol. The highest BCUT2D eigenvalue weighted by molar-refractivity contribution is 7.88. The molecule has 0 atom stereocenters. The summed E-state index contributed by atoms with van der Waals surface area (Å²) in [4.78, 5) is 13.1. The molecule has 1 heterocycles. The molecule has 138 valence electrons. The molecule has 2 aromatic rings. The zero-order valence-electron chi connectivity index (χ0n) is 14.4. The SMILES string of the molecule is O=C(O)c1ccc(CS(=O)(=O)N2CCN(Cc3ccccc3)CC2)cc1. The number of benzene rings is 2. The number of rotatable bonds is 6. The Morgan fingerprint density at radius 1 is 0.885 bits per heavy atom. The van der Waals surface area contributed by atoms with Crippen LogP contribution < -0.4 is 0 Å². The van der Waals surface area contributed by atoms with E-state index in [1.165, 1.54) is 22.0 Å². The maximum atomic E-state index is 12.6. The van der Waals surface area contributed by atoms with Crippen LogP contribution in [0.3, 0.4) is 0 Å². The van der Waals surface area contributed by atoms with E-state index in [4.69, 9.17) is 5.11 Å². The Bertz CT molecular complexity index is 843. The van der Waals surface area contributed by atoms with Gasteiger partial charge in [-0.05, 0) is 23.3 Å². The molecule has 3 rings (SSSR count). The normalized spacial score (nSPS) is 16.5. The molecule has 2 aromatic carbocycles. The molecule has 7 heteroatoms. The molecule has 0 aromatic heterocycles. The summed E-state index contributed by atoms with van der Waals surface area (Å²) in [6, 6.07) is 16.1. The van der Waals surface area contributed by atoms with Crippen molar-refractivity contribution >= 4 is 16.0 Å². The van der Waals surface area contributed by atoms with Crippen molar-refractivity contribution in [3.63, 3.8) is 0 Å². The Balaban J connectivity index is 1.56. The fraction of sp³-hybridized carbons (Fsp3) is 0.316. The maximum absolute atomic E-state index is 12.6. The standard InChI is InChI=1S/C19H22N2O4S/c22-19(23)18-8-6-17(7-9-18)15-26(24,25)21-12-10-20(11-13-21)14-16-4-2-1-3-5-16/h1-9H,10-15H2,(H,22,23). The van der Waals surface area contributed by atoms with Gasteiger partial charge in [0.1, 0.15) is 0 Å². The number of piperazine rings is 1. The van der Waals surface area contributed by atoms with Crippen LogP contribution in [0.2, 0.25) is 0 Å². The number of aromatic carboxylic acids is 1. The molecule has 1 N–H and O–H groups in total. The molecule has 0 amide bonds. The molecule has 0 aliphatic carbocycles. The highest BCUT2D eigenvalue weighted by atomic mass is 32.2. The second kappa shape index (κ2) is 7.99. The smallest absolute Gasteiger partial charge is 0.335 e. The van der Waals surface area contributed by atoms with Gasteiger partial charge in [0, 0.05) is 32.7 Å². The molecule has 0 spiro atoms. The predicted octanol–water partition coefficient (Wildman–Crippen LogP) is 2.03. The zero-order valence-corrected chi connectivity index (χ0v) is 15.2. The molecule has 26 heavy (non-hydrogen) atoms. The van der Waals surface area contributed by atoms with Gasteiger partial charge in [-0.15, -0.1) is 0 Å². The van der Waals surface area contributed by atoms with Crippen molar-refractivity contribution < 1.29 is 18.3 Å². The molecule has 0 saturated carbocycles. The summed E-state index contributed by atoms with van der Waals surface area (Å²) in [5.74, 6) is -1.13. The minimum absolute atomic E-state index is 0.106. The first kappa shape index (κ1) is 18.6. The lowest BCUT2D eigenvalue weighted by molar-refractivity contribution is 0.0697. The van der Waals surface area contributed by atoms with E-state index in [1.807, 2.05) is 18.2 Å². The molecule has 6 nitrogen and oxygen atoms in total. The van der Waals surface area contributed by atoms with Crippen LogP contribution in [0.5, 0.6) is 0 Å². The van der Waals surface area contributed by atoms with Crippen LogP contribution in [0.15, 0.2) is 54.6 Å². The van der Waals surface area contributed by atoms with Gasteiger partial charge in [-0.2, -0.15) is 4.31 Å². The van der Waals surface area contributed by atoms with Crippen molar-refractivity contribution in [1.82, 2.24) is 9.21 Å². The third-order valence-corrected chi connectivity index (χ3v) is 6.37. The lowest BCUT2D eigenvalue weighted by Gasteiger charge is -2.34. The Labute approximate surface area is 153 Å². The second-order valence-corrected chi connectivity index (χ2v) is 8.39. The van der Waals surface area contributed by atoms with E-state index in [0.29, 0.717) is 31.7 Å². The minimum atomic E-state index is -3.41. The molecule has 1 aliphatic rings. The van der Waals surface area contributed by atoms with Crippen molar-refractivity contribution in [2.45, 2.75) is 12.3 Å². The van der Waals surface area contributed by atoms with E-state index < -0.39 is 16.0 Å². The fourth-order valence-electron chi connectivity index (χ4n) is 3.05. The Morgan fingerprint density at radius 3 is 2.08 bits per heavy atom. The van der Waals surface area contributed by atoms with Crippen LogP contribution in [0, 0.1) is 0 Å². The van der Waals surface area contributed by atoms with Gasteiger partial charge in [-0.3, -0.25) is 4.90 Å². The largest absolute Gasteiger partial charge is 0.478 e. The summed E-state index contributed by atoms with van der Waals surface area (Å²) in [7, 11) is -3.41. The molecule has 0 radical (unpaired) electrons. The van der Waals surface area contributed by atoms with Gasteiger partial charge in [-0.25, -0.2) is 13.2 Å². The van der Waals surface area contributed by atoms with Crippen LogP contribution in [0.25, 0.3) is 0 Å². The first-order valence-corrected chi connectivity index (χ1v) is 10.1. The molecule has 1 fully saturated rings. The van der Waals surface area contributed by atoms with Gasteiger partial charge in [0.15, 0.2) is 0 Å². The summed E-state index contributed by atoms with van der Waals surface area (Å²) < 4.78 is 26.8. The van der Waals surface area contributed by atoms with Gasteiger partial charge in [0.2, 0.25) is 10.0 Å². The van der Waals surface area contributed by atoms with Crippen molar-refractivity contribution in [1.29, 1.82) is 0 Å². The lowest BCUT2D eigenvalue weighted by Crippen LogP contribution is -2.48. The minimum Gasteiger partial charge on any atom is -0.478 e. The Hall–Kier alpha value is -2.22. The molecule has 1 aliphatic heterocycles. The monoisotopic (exact) mass is 374 g/mol. The van der Waals surface area contributed by atoms with Crippen LogP contribution >= 0.6 is 0 Å². The summed E-state index contributed by atoms with van der Waals surface area (Å²) in [6.45, 7) is 3.17. The van der Waals surface area contributed by atoms with Crippen LogP contribution in [0.1, 0.15) is 21.5 Å². The summed E-state index contributed by atoms with van der Waals surface area (Å²) >= 11 is 0. The van der Waals surface area contributed by atoms with E-state index in [-0.39, 0.29) is 11.3 Å². The summed E-state index contributed by atoms with van der Waals surface area (Å²) in [5, 5.41) is 8.91. The highest BCUT2D eigenvalue weighted by Crippen LogP contribution is 2.16. The van der Waals surface area contributed by atoms with E-state index in [1.54, 1.807) is 12.1 Å². The molecule has 0 unspecified atom stereocenters. The van der Waals surface area contributed by atoms with Crippen LogP contribution in [0.4, 0.5) is 0 Å². The van der Waals surface area contributed by atoms with Gasteiger partial charge in [0.05, 0.1) is 11.3 Å². The van der Waals surface area contributed by atoms with Gasteiger partial charge >= 0.3 is 5.97 Å². The first-order valence-electron chi connectivity index (χ1n) is 8.50. The van der Waals surface area contributed by atoms with E-state index in [2.05, 4.69) is 17.0 Å².